The Morgan fingerprint density at radius 3 is 2.33 bits per heavy atom. The summed E-state index contributed by atoms with van der Waals surface area (Å²) in [6, 6.07) is 0.764. The summed E-state index contributed by atoms with van der Waals surface area (Å²) in [6.45, 7) is 8.58. The quantitative estimate of drug-likeness (QED) is 0.497. The van der Waals surface area contributed by atoms with Crippen LogP contribution in [-0.2, 0) is 9.47 Å². The van der Waals surface area contributed by atoms with Gasteiger partial charge in [0.1, 0.15) is 6.17 Å². The van der Waals surface area contributed by atoms with Crippen LogP contribution >= 0.6 is 0 Å². The SMILES string of the molecule is CC1C[NH+](C)C(C)N1C.CCOCCOC(=O)[O-]. The Balaban J connectivity index is 0.000000321. The van der Waals surface area contributed by atoms with E-state index in [2.05, 4.69) is 37.6 Å². The van der Waals surface area contributed by atoms with E-state index in [1.807, 2.05) is 6.92 Å². The summed E-state index contributed by atoms with van der Waals surface area (Å²) < 4.78 is 8.79. The molecule has 0 bridgehead atoms. The number of quaternary nitrogens is 1. The van der Waals surface area contributed by atoms with E-state index in [0.717, 1.165) is 6.04 Å². The molecule has 1 heterocycles. The van der Waals surface area contributed by atoms with E-state index >= 15 is 0 Å². The number of carbonyl (C=O) groups is 1. The molecule has 0 spiro atoms. The van der Waals surface area contributed by atoms with Crippen molar-refractivity contribution in [2.75, 3.05) is 40.5 Å². The minimum atomic E-state index is -1.50. The van der Waals surface area contributed by atoms with Crippen LogP contribution in [0.3, 0.4) is 0 Å². The maximum Gasteiger partial charge on any atom is 0.252 e. The van der Waals surface area contributed by atoms with Gasteiger partial charge in [-0.3, -0.25) is 0 Å². The van der Waals surface area contributed by atoms with Gasteiger partial charge in [0.2, 0.25) is 0 Å². The molecule has 1 rings (SSSR count). The van der Waals surface area contributed by atoms with E-state index in [0.29, 0.717) is 19.4 Å². The number of carbonyl (C=O) groups excluding carboxylic acids is 1. The second-order valence-corrected chi connectivity index (χ2v) is 4.54. The summed E-state index contributed by atoms with van der Waals surface area (Å²) in [5.41, 5.74) is 0. The van der Waals surface area contributed by atoms with Gasteiger partial charge in [-0.05, 0) is 20.9 Å². The van der Waals surface area contributed by atoms with Crippen LogP contribution in [0, 0.1) is 0 Å². The van der Waals surface area contributed by atoms with Crippen LogP contribution in [0.1, 0.15) is 20.8 Å². The predicted molar refractivity (Wildman–Crippen MR) is 66.3 cm³/mol. The molecule has 1 fully saturated rings. The Morgan fingerprint density at radius 1 is 1.44 bits per heavy atom. The molecular weight excluding hydrogens is 236 g/mol. The standard InChI is InChI=1S/C7H16N2.C5H10O4/c1-6-5-8(3)7(2)9(6)4;1-2-8-3-4-9-5(6)7/h6-7H,5H2,1-4H3;2-4H2,1H3,(H,6,7). The van der Waals surface area contributed by atoms with Crippen molar-refractivity contribution in [3.05, 3.63) is 0 Å². The Kier molecular flexibility index (Phi) is 8.70. The highest BCUT2D eigenvalue weighted by Crippen LogP contribution is 2.00. The Bertz CT molecular complexity index is 226. The van der Waals surface area contributed by atoms with Crippen molar-refractivity contribution in [1.82, 2.24) is 4.90 Å². The van der Waals surface area contributed by atoms with Gasteiger partial charge in [-0.15, -0.1) is 0 Å². The zero-order chi connectivity index (χ0) is 14.1. The highest BCUT2D eigenvalue weighted by Gasteiger charge is 2.31. The first-order chi connectivity index (χ1) is 8.40. The lowest BCUT2D eigenvalue weighted by Crippen LogP contribution is -3.11. The van der Waals surface area contributed by atoms with Crippen LogP contribution in [0.2, 0.25) is 0 Å². The molecule has 108 valence electrons. The fourth-order valence-electron chi connectivity index (χ4n) is 1.84. The second-order valence-electron chi connectivity index (χ2n) is 4.54. The highest BCUT2D eigenvalue weighted by molar-refractivity contribution is 5.53. The molecule has 0 saturated carbocycles. The second kappa shape index (κ2) is 9.13. The van der Waals surface area contributed by atoms with E-state index in [9.17, 15) is 9.90 Å². The van der Waals surface area contributed by atoms with Crippen LogP contribution < -0.4 is 10.0 Å². The molecule has 6 nitrogen and oxygen atoms in total. The fourth-order valence-corrected chi connectivity index (χ4v) is 1.84. The number of nitrogens with zero attached hydrogens (tertiary/aromatic N) is 1. The van der Waals surface area contributed by atoms with Gasteiger partial charge in [-0.2, -0.15) is 0 Å². The third kappa shape index (κ3) is 6.78. The molecule has 0 radical (unpaired) electrons. The van der Waals surface area contributed by atoms with Crippen molar-refractivity contribution in [1.29, 1.82) is 0 Å². The first-order valence-electron chi connectivity index (χ1n) is 6.35. The zero-order valence-electron chi connectivity index (χ0n) is 12.1. The number of hydrogen-bond acceptors (Lipinski definition) is 5. The molecule has 6 heteroatoms. The summed E-state index contributed by atoms with van der Waals surface area (Å²) in [5, 5.41) is 9.57. The van der Waals surface area contributed by atoms with Crippen LogP contribution in [0.4, 0.5) is 4.79 Å². The summed E-state index contributed by atoms with van der Waals surface area (Å²) >= 11 is 0. The molecule has 3 atom stereocenters. The smallest absolute Gasteiger partial charge is 0.252 e. The van der Waals surface area contributed by atoms with Gasteiger partial charge in [0, 0.05) is 13.5 Å². The number of nitrogens with one attached hydrogen (secondary N) is 1. The molecule has 1 N–H and O–H groups in total. The van der Waals surface area contributed by atoms with Gasteiger partial charge in [-0.1, -0.05) is 0 Å². The van der Waals surface area contributed by atoms with Crippen molar-refractivity contribution in [3.8, 4) is 0 Å². The number of ether oxygens (including phenoxy) is 2. The molecular formula is C12H26N2O4. The third-order valence-corrected chi connectivity index (χ3v) is 3.29. The lowest BCUT2D eigenvalue weighted by Gasteiger charge is -2.17. The zero-order valence-corrected chi connectivity index (χ0v) is 12.1. The molecule has 0 aromatic heterocycles. The van der Waals surface area contributed by atoms with Gasteiger partial charge in [0.25, 0.3) is 6.16 Å². The molecule has 0 aliphatic carbocycles. The molecule has 0 aromatic carbocycles. The van der Waals surface area contributed by atoms with Crippen molar-refractivity contribution >= 4 is 6.16 Å². The lowest BCUT2D eigenvalue weighted by atomic mass is 10.3. The Hall–Kier alpha value is -0.850. The average molecular weight is 262 g/mol. The third-order valence-electron chi connectivity index (χ3n) is 3.29. The summed E-state index contributed by atoms with van der Waals surface area (Å²) in [7, 11) is 4.45. The van der Waals surface area contributed by atoms with Gasteiger partial charge in [0.15, 0.2) is 0 Å². The van der Waals surface area contributed by atoms with Crippen LogP contribution in [0.5, 0.6) is 0 Å². The maximum absolute atomic E-state index is 9.57. The molecule has 1 aliphatic heterocycles. The first kappa shape index (κ1) is 17.2. The monoisotopic (exact) mass is 262 g/mol. The molecule has 0 amide bonds. The fraction of sp³-hybridized carbons (Fsp3) is 0.917. The summed E-state index contributed by atoms with van der Waals surface area (Å²) in [4.78, 5) is 13.6. The van der Waals surface area contributed by atoms with Gasteiger partial charge in [0.05, 0.1) is 32.8 Å². The summed E-state index contributed by atoms with van der Waals surface area (Å²) in [6.07, 6.45) is -0.797. The number of carboxylic acid groups (broad SMARTS) is 1. The minimum Gasteiger partial charge on any atom is -0.547 e. The van der Waals surface area contributed by atoms with Crippen LogP contribution in [-0.4, -0.2) is 63.7 Å². The molecule has 3 unspecified atom stereocenters. The topological polar surface area (TPSA) is 66.3 Å². The normalized spacial score (nSPS) is 27.5. The number of rotatable bonds is 4. The minimum absolute atomic E-state index is 0.0518. The van der Waals surface area contributed by atoms with Crippen LogP contribution in [0.25, 0.3) is 0 Å². The largest absolute Gasteiger partial charge is 0.547 e. The van der Waals surface area contributed by atoms with E-state index in [1.165, 1.54) is 6.54 Å². The van der Waals surface area contributed by atoms with Gasteiger partial charge >= 0.3 is 0 Å². The average Bonchev–Trinajstić information content (AvgIpc) is 2.53. The molecule has 18 heavy (non-hydrogen) atoms. The number of hydrogen-bond donors (Lipinski definition) is 1. The van der Waals surface area contributed by atoms with Crippen LogP contribution in [0.15, 0.2) is 0 Å². The van der Waals surface area contributed by atoms with Crippen molar-refractivity contribution in [2.24, 2.45) is 0 Å². The predicted octanol–water partition coefficient (Wildman–Crippen LogP) is -1.44. The van der Waals surface area contributed by atoms with Crippen molar-refractivity contribution in [3.63, 3.8) is 0 Å². The van der Waals surface area contributed by atoms with Gasteiger partial charge in [-0.25, -0.2) is 4.90 Å². The van der Waals surface area contributed by atoms with Crippen molar-refractivity contribution in [2.45, 2.75) is 33.0 Å². The Labute approximate surface area is 109 Å². The summed E-state index contributed by atoms with van der Waals surface area (Å²) in [5.74, 6) is 0. The maximum atomic E-state index is 9.57. The number of likely N-dealkylation sites (N-methyl/N-ethyl adjacent to an activating group) is 2. The molecule has 0 aromatic rings. The first-order valence-corrected chi connectivity index (χ1v) is 6.35. The molecule has 1 aliphatic rings. The lowest BCUT2D eigenvalue weighted by molar-refractivity contribution is -0.896. The highest BCUT2D eigenvalue weighted by atomic mass is 16.7. The van der Waals surface area contributed by atoms with E-state index in [4.69, 9.17) is 4.74 Å². The van der Waals surface area contributed by atoms with Crippen molar-refractivity contribution < 1.29 is 24.3 Å². The molecule has 1 saturated heterocycles. The van der Waals surface area contributed by atoms with Gasteiger partial charge < -0.3 is 24.3 Å². The van der Waals surface area contributed by atoms with E-state index in [-0.39, 0.29) is 6.61 Å². The van der Waals surface area contributed by atoms with E-state index < -0.39 is 6.16 Å². The Morgan fingerprint density at radius 2 is 2.06 bits per heavy atom. The van der Waals surface area contributed by atoms with E-state index in [1.54, 1.807) is 4.90 Å².